The van der Waals surface area contributed by atoms with E-state index >= 15 is 0 Å². The Labute approximate surface area is 192 Å². The lowest BCUT2D eigenvalue weighted by Crippen LogP contribution is -2.31. The van der Waals surface area contributed by atoms with Crippen LogP contribution in [-0.4, -0.2) is 53.3 Å². The van der Waals surface area contributed by atoms with Crippen molar-refractivity contribution in [1.29, 1.82) is 0 Å². The quantitative estimate of drug-likeness (QED) is 0.452. The summed E-state index contributed by atoms with van der Waals surface area (Å²) in [6.07, 6.45) is 1.64. The van der Waals surface area contributed by atoms with Crippen LogP contribution in [0.15, 0.2) is 42.5 Å². The minimum absolute atomic E-state index is 0.0349. The first kappa shape index (κ1) is 26.2. The van der Waals surface area contributed by atoms with Gasteiger partial charge in [0.05, 0.1) is 23.2 Å². The predicted octanol–water partition coefficient (Wildman–Crippen LogP) is 2.92. The average molecular weight is 484 g/mol. The summed E-state index contributed by atoms with van der Waals surface area (Å²) in [5.41, 5.74) is 0.586. The van der Waals surface area contributed by atoms with Crippen LogP contribution in [0.5, 0.6) is 0 Å². The van der Waals surface area contributed by atoms with Gasteiger partial charge in [-0.2, -0.15) is 0 Å². The van der Waals surface area contributed by atoms with Crippen LogP contribution in [0.25, 0.3) is 0 Å². The van der Waals surface area contributed by atoms with E-state index in [1.54, 1.807) is 31.4 Å². The van der Waals surface area contributed by atoms with Gasteiger partial charge >= 0.3 is 0 Å². The highest BCUT2D eigenvalue weighted by Crippen LogP contribution is 2.21. The van der Waals surface area contributed by atoms with Gasteiger partial charge in [-0.15, -0.1) is 0 Å². The minimum atomic E-state index is -3.78. The van der Waals surface area contributed by atoms with Gasteiger partial charge in [-0.1, -0.05) is 12.1 Å². The topological polar surface area (TPSA) is 105 Å². The van der Waals surface area contributed by atoms with Crippen LogP contribution in [0.2, 0.25) is 0 Å². The van der Waals surface area contributed by atoms with Crippen LogP contribution in [0.4, 0.5) is 20.2 Å². The smallest absolute Gasteiger partial charge is 0.253 e. The third-order valence-electron chi connectivity index (χ3n) is 4.61. The van der Waals surface area contributed by atoms with Crippen LogP contribution in [0, 0.1) is 11.6 Å². The summed E-state index contributed by atoms with van der Waals surface area (Å²) < 4.78 is 56.8. The number of rotatable bonds is 12. The molecule has 0 radical (unpaired) electrons. The molecule has 2 N–H and O–H groups in total. The lowest BCUT2D eigenvalue weighted by atomic mass is 10.1. The number of nitrogens with one attached hydrogen (secondary N) is 2. The Balaban J connectivity index is 1.98. The summed E-state index contributed by atoms with van der Waals surface area (Å²) in [5.74, 6) is -3.03. The van der Waals surface area contributed by atoms with Gasteiger partial charge in [0, 0.05) is 39.3 Å². The largest absolute Gasteiger partial charge is 0.385 e. The molecule has 11 heteroatoms. The van der Waals surface area contributed by atoms with E-state index in [-0.39, 0.29) is 31.0 Å². The second-order valence-corrected chi connectivity index (χ2v) is 9.14. The van der Waals surface area contributed by atoms with Crippen molar-refractivity contribution >= 4 is 33.2 Å². The number of benzene rings is 2. The van der Waals surface area contributed by atoms with Crippen molar-refractivity contribution in [1.82, 2.24) is 5.32 Å². The molecule has 0 bridgehead atoms. The molecule has 2 aromatic carbocycles. The van der Waals surface area contributed by atoms with E-state index in [0.29, 0.717) is 30.8 Å². The fourth-order valence-electron chi connectivity index (χ4n) is 3.03. The Bertz CT molecular complexity index is 1080. The van der Waals surface area contributed by atoms with Crippen LogP contribution in [-0.2, 0) is 19.6 Å². The summed E-state index contributed by atoms with van der Waals surface area (Å²) in [5, 5.41) is 5.41. The number of hydrogen-bond acceptors (Lipinski definition) is 5. The lowest BCUT2D eigenvalue weighted by molar-refractivity contribution is -0.116. The fourth-order valence-corrected chi connectivity index (χ4v) is 3.98. The molecular weight excluding hydrogens is 456 g/mol. The molecule has 180 valence electrons. The van der Waals surface area contributed by atoms with Crippen molar-refractivity contribution in [3.63, 3.8) is 0 Å². The molecule has 0 aliphatic heterocycles. The fraction of sp³-hybridized carbons (Fsp3) is 0.364. The van der Waals surface area contributed by atoms with E-state index in [1.807, 2.05) is 0 Å². The van der Waals surface area contributed by atoms with E-state index in [1.165, 1.54) is 0 Å². The van der Waals surface area contributed by atoms with Crippen molar-refractivity contribution in [2.24, 2.45) is 0 Å². The Morgan fingerprint density at radius 2 is 1.79 bits per heavy atom. The van der Waals surface area contributed by atoms with E-state index in [0.717, 1.165) is 28.8 Å². The lowest BCUT2D eigenvalue weighted by Gasteiger charge is -2.22. The summed E-state index contributed by atoms with van der Waals surface area (Å²) in [6.45, 7) is 0.812. The molecule has 0 unspecified atom stereocenters. The zero-order chi connectivity index (χ0) is 24.4. The molecule has 0 saturated carbocycles. The zero-order valence-electron chi connectivity index (χ0n) is 18.4. The third-order valence-corrected chi connectivity index (χ3v) is 5.81. The molecule has 2 aromatic rings. The zero-order valence-corrected chi connectivity index (χ0v) is 19.3. The molecule has 0 aliphatic rings. The number of methoxy groups -OCH3 is 1. The number of ether oxygens (including phenoxy) is 1. The van der Waals surface area contributed by atoms with Gasteiger partial charge in [-0.25, -0.2) is 17.2 Å². The summed E-state index contributed by atoms with van der Waals surface area (Å²) in [7, 11) is -2.22. The Hall–Kier alpha value is -3.05. The number of sulfonamides is 1. The standard InChI is InChI=1S/C22H27F2N3O5S/c1-32-14-6-12-25-22(29)17-7-3-4-8-20(17)26-21(28)9-5-13-27(33(2,30)31)16-10-11-18(23)19(24)15-16/h3-4,7-8,10-11,15H,5-6,9,12-14H2,1-2H3,(H,25,29)(H,26,28). The van der Waals surface area contributed by atoms with Gasteiger partial charge in [-0.05, 0) is 37.1 Å². The first-order valence-corrected chi connectivity index (χ1v) is 12.1. The van der Waals surface area contributed by atoms with Crippen molar-refractivity contribution in [2.75, 3.05) is 42.7 Å². The van der Waals surface area contributed by atoms with Crippen molar-refractivity contribution in [3.8, 4) is 0 Å². The van der Waals surface area contributed by atoms with Gasteiger partial charge in [0.2, 0.25) is 15.9 Å². The molecule has 0 atom stereocenters. The molecule has 0 saturated heterocycles. The average Bonchev–Trinajstić information content (AvgIpc) is 2.76. The van der Waals surface area contributed by atoms with Crippen molar-refractivity contribution in [3.05, 3.63) is 59.7 Å². The van der Waals surface area contributed by atoms with Gasteiger partial charge in [0.1, 0.15) is 0 Å². The highest BCUT2D eigenvalue weighted by atomic mass is 32.2. The molecule has 2 amide bonds. The van der Waals surface area contributed by atoms with Crippen LogP contribution >= 0.6 is 0 Å². The third kappa shape index (κ3) is 8.10. The molecule has 0 aliphatic carbocycles. The monoisotopic (exact) mass is 483 g/mol. The molecular formula is C22H27F2N3O5S. The Kier molecular flexibility index (Phi) is 9.74. The number of nitrogens with zero attached hydrogens (tertiary/aromatic N) is 1. The number of anilines is 2. The van der Waals surface area contributed by atoms with E-state index in [9.17, 15) is 26.8 Å². The number of para-hydroxylation sites is 1. The summed E-state index contributed by atoms with van der Waals surface area (Å²) in [6, 6.07) is 9.30. The first-order valence-electron chi connectivity index (χ1n) is 10.2. The Morgan fingerprint density at radius 1 is 1.06 bits per heavy atom. The molecule has 0 heterocycles. The summed E-state index contributed by atoms with van der Waals surface area (Å²) >= 11 is 0. The van der Waals surface area contributed by atoms with Crippen molar-refractivity contribution < 1.29 is 31.5 Å². The van der Waals surface area contributed by atoms with Crippen LogP contribution < -0.4 is 14.9 Å². The first-order chi connectivity index (χ1) is 15.6. The van der Waals surface area contributed by atoms with Gasteiger partial charge in [0.25, 0.3) is 5.91 Å². The number of carbonyl (C=O) groups excluding carboxylic acids is 2. The Morgan fingerprint density at radius 3 is 2.45 bits per heavy atom. The van der Waals surface area contributed by atoms with E-state index < -0.39 is 27.6 Å². The maximum Gasteiger partial charge on any atom is 0.253 e. The molecule has 8 nitrogen and oxygen atoms in total. The molecule has 0 aromatic heterocycles. The highest BCUT2D eigenvalue weighted by Gasteiger charge is 2.19. The second kappa shape index (κ2) is 12.3. The van der Waals surface area contributed by atoms with Crippen LogP contribution in [0.1, 0.15) is 29.6 Å². The number of amides is 2. The minimum Gasteiger partial charge on any atom is -0.385 e. The van der Waals surface area contributed by atoms with Crippen molar-refractivity contribution in [2.45, 2.75) is 19.3 Å². The van der Waals surface area contributed by atoms with Gasteiger partial charge < -0.3 is 15.4 Å². The number of carbonyl (C=O) groups is 2. The molecule has 0 fully saturated rings. The molecule has 2 rings (SSSR count). The van der Waals surface area contributed by atoms with Gasteiger partial charge in [0.15, 0.2) is 11.6 Å². The van der Waals surface area contributed by atoms with Crippen LogP contribution in [0.3, 0.4) is 0 Å². The maximum absolute atomic E-state index is 13.5. The highest BCUT2D eigenvalue weighted by molar-refractivity contribution is 7.92. The van der Waals surface area contributed by atoms with E-state index in [4.69, 9.17) is 4.74 Å². The molecule has 33 heavy (non-hydrogen) atoms. The van der Waals surface area contributed by atoms with E-state index in [2.05, 4.69) is 10.6 Å². The summed E-state index contributed by atoms with van der Waals surface area (Å²) in [4.78, 5) is 24.8. The van der Waals surface area contributed by atoms with Gasteiger partial charge in [-0.3, -0.25) is 13.9 Å². The number of halogens is 2. The normalized spacial score (nSPS) is 11.2. The predicted molar refractivity (Wildman–Crippen MR) is 122 cm³/mol. The SMILES string of the molecule is COCCCNC(=O)c1ccccc1NC(=O)CCCN(c1ccc(F)c(F)c1)S(C)(=O)=O. The number of hydrogen-bond donors (Lipinski definition) is 2. The second-order valence-electron chi connectivity index (χ2n) is 7.23. The maximum atomic E-state index is 13.5. The molecule has 0 spiro atoms.